The van der Waals surface area contributed by atoms with Crippen LogP contribution in [0.4, 0.5) is 5.82 Å². The summed E-state index contributed by atoms with van der Waals surface area (Å²) >= 11 is 1.58. The molecule has 7 nitrogen and oxygen atoms in total. The van der Waals surface area contributed by atoms with Gasteiger partial charge in [-0.2, -0.15) is 5.10 Å². The summed E-state index contributed by atoms with van der Waals surface area (Å²) in [6, 6.07) is 7.92. The molecule has 0 saturated carbocycles. The summed E-state index contributed by atoms with van der Waals surface area (Å²) in [6.45, 7) is 4.20. The molecule has 3 aromatic rings. The van der Waals surface area contributed by atoms with Gasteiger partial charge in [-0.25, -0.2) is 0 Å². The topological polar surface area (TPSA) is 93.0 Å². The molecule has 4 rings (SSSR count). The van der Waals surface area contributed by atoms with Gasteiger partial charge in [0.2, 0.25) is 5.91 Å². The predicted octanol–water partition coefficient (Wildman–Crippen LogP) is 3.37. The molecule has 0 unspecified atom stereocenters. The average molecular weight is 370 g/mol. The van der Waals surface area contributed by atoms with Crippen LogP contribution in [-0.4, -0.2) is 27.0 Å². The Kier molecular flexibility index (Phi) is 4.42. The van der Waals surface area contributed by atoms with Crippen LogP contribution in [0.15, 0.2) is 35.0 Å². The number of anilines is 1. The second-order valence-electron chi connectivity index (χ2n) is 6.10. The van der Waals surface area contributed by atoms with Gasteiger partial charge in [-0.05, 0) is 31.5 Å². The number of fused-ring (bicyclic) bond motifs is 1. The van der Waals surface area contributed by atoms with Crippen LogP contribution in [0, 0.1) is 13.8 Å². The number of aromatic amines is 1. The molecule has 2 N–H and O–H groups in total. The lowest BCUT2D eigenvalue weighted by Gasteiger charge is -2.14. The minimum Gasteiger partial charge on any atom is -0.489 e. The lowest BCUT2D eigenvalue weighted by molar-refractivity contribution is -0.113. The first-order chi connectivity index (χ1) is 12.6. The fourth-order valence-electron chi connectivity index (χ4n) is 2.90. The van der Waals surface area contributed by atoms with E-state index in [9.17, 15) is 4.79 Å². The number of nitrogens with one attached hydrogen (secondary N) is 2. The van der Waals surface area contributed by atoms with Crippen LogP contribution in [0.2, 0.25) is 0 Å². The van der Waals surface area contributed by atoms with Crippen molar-refractivity contribution in [3.63, 3.8) is 0 Å². The van der Waals surface area contributed by atoms with Gasteiger partial charge in [0.25, 0.3) is 0 Å². The molecule has 0 fully saturated rings. The van der Waals surface area contributed by atoms with Crippen LogP contribution in [0.3, 0.4) is 0 Å². The number of ether oxygens (including phenoxy) is 1. The summed E-state index contributed by atoms with van der Waals surface area (Å²) in [6.07, 6.45) is 1.76. The van der Waals surface area contributed by atoms with Gasteiger partial charge < -0.3 is 14.6 Å². The summed E-state index contributed by atoms with van der Waals surface area (Å²) in [5.74, 6) is 2.59. The number of hydrogen-bond donors (Lipinski definition) is 2. The molecule has 0 bridgehead atoms. The Hall–Kier alpha value is -2.74. The molecule has 1 aromatic carbocycles. The average Bonchev–Trinajstić information content (AvgIpc) is 3.17. The molecule has 8 heteroatoms. The highest BCUT2D eigenvalue weighted by Crippen LogP contribution is 2.40. The van der Waals surface area contributed by atoms with E-state index in [1.54, 1.807) is 18.0 Å². The predicted molar refractivity (Wildman–Crippen MR) is 98.3 cm³/mol. The van der Waals surface area contributed by atoms with E-state index in [1.165, 1.54) is 0 Å². The van der Waals surface area contributed by atoms with E-state index < -0.39 is 0 Å². The van der Waals surface area contributed by atoms with Crippen molar-refractivity contribution in [2.24, 2.45) is 0 Å². The Morgan fingerprint density at radius 1 is 1.31 bits per heavy atom. The zero-order valence-corrected chi connectivity index (χ0v) is 15.2. The van der Waals surface area contributed by atoms with E-state index in [-0.39, 0.29) is 11.2 Å². The molecule has 1 amide bonds. The first-order valence-corrected chi connectivity index (χ1v) is 9.26. The van der Waals surface area contributed by atoms with Crippen molar-refractivity contribution in [3.05, 3.63) is 58.6 Å². The van der Waals surface area contributed by atoms with Crippen LogP contribution in [0.5, 0.6) is 5.75 Å². The largest absolute Gasteiger partial charge is 0.489 e. The molecule has 1 atom stereocenters. The van der Waals surface area contributed by atoms with E-state index in [2.05, 4.69) is 20.7 Å². The number of aromatic nitrogens is 3. The normalized spacial score (nSPS) is 16.7. The summed E-state index contributed by atoms with van der Waals surface area (Å²) < 4.78 is 11.0. The fraction of sp³-hybridized carbons (Fsp3) is 0.278. The van der Waals surface area contributed by atoms with Crippen molar-refractivity contribution in [3.8, 4) is 5.75 Å². The summed E-state index contributed by atoms with van der Waals surface area (Å²) in [5.41, 5.74) is 3.89. The maximum absolute atomic E-state index is 11.8. The van der Waals surface area contributed by atoms with Gasteiger partial charge in [-0.3, -0.25) is 9.89 Å². The molecular formula is C18H18N4O3S. The summed E-state index contributed by atoms with van der Waals surface area (Å²) in [4.78, 5) is 11.8. The zero-order valence-electron chi connectivity index (χ0n) is 14.4. The van der Waals surface area contributed by atoms with Gasteiger partial charge in [0.15, 0.2) is 0 Å². The highest BCUT2D eigenvalue weighted by Gasteiger charge is 2.25. The quantitative estimate of drug-likeness (QED) is 0.731. The van der Waals surface area contributed by atoms with Crippen molar-refractivity contribution in [1.29, 1.82) is 0 Å². The molecular weight excluding hydrogens is 352 g/mol. The lowest BCUT2D eigenvalue weighted by Crippen LogP contribution is -2.12. The summed E-state index contributed by atoms with van der Waals surface area (Å²) in [7, 11) is 0. The molecule has 0 spiro atoms. The molecule has 134 valence electrons. The van der Waals surface area contributed by atoms with Gasteiger partial charge in [0, 0.05) is 5.56 Å². The maximum Gasteiger partial charge on any atom is 0.235 e. The molecule has 2 aromatic heterocycles. The second-order valence-corrected chi connectivity index (χ2v) is 7.19. The van der Waals surface area contributed by atoms with Crippen LogP contribution in [0.1, 0.15) is 33.4 Å². The van der Waals surface area contributed by atoms with Crippen LogP contribution >= 0.6 is 11.8 Å². The number of rotatable bonds is 4. The maximum atomic E-state index is 11.8. The van der Waals surface area contributed by atoms with Gasteiger partial charge >= 0.3 is 0 Å². The number of carbonyl (C=O) groups excluding carboxylic acids is 1. The van der Waals surface area contributed by atoms with Crippen molar-refractivity contribution >= 4 is 23.5 Å². The zero-order chi connectivity index (χ0) is 18.1. The third-order valence-electron chi connectivity index (χ3n) is 4.34. The van der Waals surface area contributed by atoms with Gasteiger partial charge in [-0.15, -0.1) is 11.8 Å². The van der Waals surface area contributed by atoms with E-state index in [1.807, 2.05) is 38.1 Å². The van der Waals surface area contributed by atoms with E-state index >= 15 is 0 Å². The number of H-pyrrole nitrogens is 1. The smallest absolute Gasteiger partial charge is 0.235 e. The van der Waals surface area contributed by atoms with Gasteiger partial charge in [0.05, 0.1) is 28.5 Å². The van der Waals surface area contributed by atoms with Gasteiger partial charge in [0.1, 0.15) is 23.9 Å². The number of aryl methyl sites for hydroxylation is 2. The lowest BCUT2D eigenvalue weighted by atomic mass is 10.1. The highest BCUT2D eigenvalue weighted by atomic mass is 32.2. The molecule has 0 radical (unpaired) electrons. The minimum absolute atomic E-state index is 0.0255. The second kappa shape index (κ2) is 6.87. The third-order valence-corrected chi connectivity index (χ3v) is 5.63. The van der Waals surface area contributed by atoms with E-state index in [0.29, 0.717) is 18.2 Å². The molecule has 1 aliphatic rings. The van der Waals surface area contributed by atoms with Crippen LogP contribution in [0.25, 0.3) is 0 Å². The molecule has 0 saturated heterocycles. The number of thioether (sulfide) groups is 1. The molecule has 3 heterocycles. The standard InChI is InChI=1S/C18H18N4O3S/c1-10-15(11(2)25-22-10)8-24-13-5-3-12(4-6-13)17-14-7-19-21-18(14)20-16(23)9-26-17/h3-7,17H,8-9H2,1-2H3,(H2,19,20,21,23)/t17-/m0/s1. The van der Waals surface area contributed by atoms with Crippen molar-refractivity contribution in [1.82, 2.24) is 15.4 Å². The van der Waals surface area contributed by atoms with Crippen LogP contribution < -0.4 is 10.1 Å². The Balaban J connectivity index is 1.51. The Labute approximate surface area is 154 Å². The first kappa shape index (κ1) is 16.7. The van der Waals surface area contributed by atoms with Crippen molar-refractivity contribution < 1.29 is 14.1 Å². The van der Waals surface area contributed by atoms with Crippen LogP contribution in [-0.2, 0) is 11.4 Å². The Morgan fingerprint density at radius 3 is 2.85 bits per heavy atom. The van der Waals surface area contributed by atoms with E-state index in [0.717, 1.165) is 33.9 Å². The fourth-order valence-corrected chi connectivity index (χ4v) is 3.99. The SMILES string of the molecule is Cc1noc(C)c1COc1ccc([C@@H]2SCC(=O)Nc3[nH]ncc32)cc1. The molecule has 1 aliphatic heterocycles. The number of nitrogens with zero attached hydrogens (tertiary/aromatic N) is 2. The number of hydrogen-bond acceptors (Lipinski definition) is 6. The Bertz CT molecular complexity index is 913. The first-order valence-electron chi connectivity index (χ1n) is 8.21. The Morgan fingerprint density at radius 2 is 2.12 bits per heavy atom. The minimum atomic E-state index is -0.0255. The monoisotopic (exact) mass is 370 g/mol. The summed E-state index contributed by atoms with van der Waals surface area (Å²) in [5, 5.41) is 13.7. The van der Waals surface area contributed by atoms with Crippen molar-refractivity contribution in [2.75, 3.05) is 11.1 Å². The van der Waals surface area contributed by atoms with Gasteiger partial charge in [-0.1, -0.05) is 17.3 Å². The van der Waals surface area contributed by atoms with E-state index in [4.69, 9.17) is 9.26 Å². The molecule has 0 aliphatic carbocycles. The van der Waals surface area contributed by atoms with Crippen molar-refractivity contribution in [2.45, 2.75) is 25.7 Å². The number of carbonyl (C=O) groups is 1. The third kappa shape index (κ3) is 3.20. The molecule has 26 heavy (non-hydrogen) atoms. The number of benzene rings is 1. The number of amides is 1. The highest BCUT2D eigenvalue weighted by molar-refractivity contribution is 8.00.